The molecule has 1 unspecified atom stereocenters. The Hall–Kier alpha value is -2.74. The highest BCUT2D eigenvalue weighted by Crippen LogP contribution is 2.22. The van der Waals surface area contributed by atoms with E-state index in [9.17, 15) is 14.4 Å². The first-order valence-corrected chi connectivity index (χ1v) is 8.06. The molecule has 0 saturated carbocycles. The predicted octanol–water partition coefficient (Wildman–Crippen LogP) is 0.790. The number of carbonyl (C=O) groups is 3. The molecular weight excluding hydrogens is 326 g/mol. The van der Waals surface area contributed by atoms with Crippen LogP contribution in [0.5, 0.6) is 0 Å². The molecule has 1 fully saturated rings. The number of hydrogen-bond donors (Lipinski definition) is 1. The van der Waals surface area contributed by atoms with Crippen molar-refractivity contribution in [1.82, 2.24) is 4.90 Å². The average molecular weight is 345 g/mol. The van der Waals surface area contributed by atoms with E-state index < -0.39 is 12.1 Å². The van der Waals surface area contributed by atoms with Crippen LogP contribution in [0, 0.1) is 6.92 Å². The van der Waals surface area contributed by atoms with Crippen molar-refractivity contribution in [3.05, 3.63) is 29.8 Å². The number of carbonyl (C=O) groups excluding carboxylic acids is 2. The van der Waals surface area contributed by atoms with Crippen molar-refractivity contribution in [3.8, 4) is 0 Å². The third-order valence-corrected chi connectivity index (χ3v) is 4.15. The summed E-state index contributed by atoms with van der Waals surface area (Å²) in [4.78, 5) is 37.4. The number of rotatable bonds is 3. The Kier molecular flexibility index (Phi) is 4.80. The molecule has 1 aromatic rings. The van der Waals surface area contributed by atoms with Gasteiger partial charge in [0.25, 0.3) is 5.91 Å². The van der Waals surface area contributed by atoms with Crippen molar-refractivity contribution < 1.29 is 24.2 Å². The molecule has 2 amide bonds. The Bertz CT molecular complexity index is 746. The van der Waals surface area contributed by atoms with E-state index in [1.807, 2.05) is 25.1 Å². The fraction of sp³-hybridized carbons (Fsp3) is 0.412. The van der Waals surface area contributed by atoms with E-state index in [4.69, 9.17) is 9.84 Å². The number of aryl methyl sites for hydroxylation is 1. The van der Waals surface area contributed by atoms with Crippen molar-refractivity contribution in [3.63, 3.8) is 0 Å². The van der Waals surface area contributed by atoms with Gasteiger partial charge in [-0.2, -0.15) is 5.10 Å². The topological polar surface area (TPSA) is 99.5 Å². The van der Waals surface area contributed by atoms with Crippen LogP contribution >= 0.6 is 0 Å². The highest BCUT2D eigenvalue weighted by Gasteiger charge is 2.33. The number of hydrazone groups is 1. The predicted molar refractivity (Wildman–Crippen MR) is 89.3 cm³/mol. The lowest BCUT2D eigenvalue weighted by Gasteiger charge is -2.32. The number of nitrogens with zero attached hydrogens (tertiary/aromatic N) is 3. The third-order valence-electron chi connectivity index (χ3n) is 4.15. The minimum atomic E-state index is -1.10. The van der Waals surface area contributed by atoms with Crippen molar-refractivity contribution in [2.24, 2.45) is 5.10 Å². The molecule has 3 rings (SSSR count). The van der Waals surface area contributed by atoms with Gasteiger partial charge in [-0.15, -0.1) is 0 Å². The van der Waals surface area contributed by atoms with Crippen molar-refractivity contribution in [2.45, 2.75) is 25.9 Å². The number of ether oxygens (including phenoxy) is 1. The summed E-state index contributed by atoms with van der Waals surface area (Å²) in [5.74, 6) is -1.62. The van der Waals surface area contributed by atoms with Gasteiger partial charge in [0, 0.05) is 19.4 Å². The van der Waals surface area contributed by atoms with E-state index in [1.165, 1.54) is 9.91 Å². The second-order valence-corrected chi connectivity index (χ2v) is 6.04. The van der Waals surface area contributed by atoms with Crippen LogP contribution in [0.4, 0.5) is 5.69 Å². The van der Waals surface area contributed by atoms with Crippen LogP contribution in [-0.2, 0) is 19.1 Å². The lowest BCUT2D eigenvalue weighted by Crippen LogP contribution is -2.51. The summed E-state index contributed by atoms with van der Waals surface area (Å²) >= 11 is 0. The molecular formula is C17H19N3O5. The maximum Gasteiger partial charge on any atom is 0.334 e. The number of hydrogen-bond acceptors (Lipinski definition) is 5. The first-order chi connectivity index (χ1) is 12.0. The molecule has 0 aliphatic carbocycles. The SMILES string of the molecule is Cc1cccc(N2N=C(C(=O)N3CCOC(C(=O)O)C3)CCC2=O)c1. The highest BCUT2D eigenvalue weighted by atomic mass is 16.5. The zero-order chi connectivity index (χ0) is 18.0. The largest absolute Gasteiger partial charge is 0.479 e. The van der Waals surface area contributed by atoms with Gasteiger partial charge in [-0.25, -0.2) is 9.80 Å². The molecule has 1 atom stereocenters. The van der Waals surface area contributed by atoms with E-state index in [1.54, 1.807) is 6.07 Å². The van der Waals surface area contributed by atoms with Gasteiger partial charge < -0.3 is 14.7 Å². The van der Waals surface area contributed by atoms with E-state index in [-0.39, 0.29) is 43.5 Å². The smallest absolute Gasteiger partial charge is 0.334 e. The van der Waals surface area contributed by atoms with Crippen LogP contribution in [0.3, 0.4) is 0 Å². The molecule has 2 aliphatic rings. The highest BCUT2D eigenvalue weighted by molar-refractivity contribution is 6.40. The Balaban J connectivity index is 1.81. The van der Waals surface area contributed by atoms with Gasteiger partial charge >= 0.3 is 5.97 Å². The summed E-state index contributed by atoms with van der Waals surface area (Å²) in [5, 5.41) is 14.5. The molecule has 0 spiro atoms. The molecule has 2 heterocycles. The van der Waals surface area contributed by atoms with E-state index in [0.29, 0.717) is 12.2 Å². The zero-order valence-corrected chi connectivity index (χ0v) is 13.8. The number of benzene rings is 1. The summed E-state index contributed by atoms with van der Waals surface area (Å²) in [6, 6.07) is 7.32. The summed E-state index contributed by atoms with van der Waals surface area (Å²) in [5.41, 5.74) is 1.85. The van der Waals surface area contributed by atoms with Crippen LogP contribution in [0.25, 0.3) is 0 Å². The third kappa shape index (κ3) is 3.69. The first kappa shape index (κ1) is 17.1. The average Bonchev–Trinajstić information content (AvgIpc) is 2.61. The van der Waals surface area contributed by atoms with E-state index in [0.717, 1.165) is 5.56 Å². The molecule has 25 heavy (non-hydrogen) atoms. The minimum absolute atomic E-state index is 0.0222. The number of carboxylic acid groups (broad SMARTS) is 1. The quantitative estimate of drug-likeness (QED) is 0.873. The number of amides is 2. The van der Waals surface area contributed by atoms with Gasteiger partial charge in [0.1, 0.15) is 5.71 Å². The van der Waals surface area contributed by atoms with E-state index >= 15 is 0 Å². The van der Waals surface area contributed by atoms with E-state index in [2.05, 4.69) is 5.10 Å². The molecule has 0 radical (unpaired) electrons. The maximum atomic E-state index is 12.7. The summed E-state index contributed by atoms with van der Waals surface area (Å²) in [6.07, 6.45) is -0.600. The molecule has 8 nitrogen and oxygen atoms in total. The number of morpholine rings is 1. The van der Waals surface area contributed by atoms with Gasteiger partial charge in [-0.3, -0.25) is 9.59 Å². The Labute approximate surface area is 144 Å². The van der Waals surface area contributed by atoms with Crippen LogP contribution in [-0.4, -0.2) is 59.3 Å². The molecule has 0 aromatic heterocycles. The van der Waals surface area contributed by atoms with Gasteiger partial charge in [0.15, 0.2) is 6.10 Å². The van der Waals surface area contributed by atoms with Crippen LogP contribution < -0.4 is 5.01 Å². The summed E-state index contributed by atoms with van der Waals surface area (Å²) in [6.45, 7) is 2.36. The molecule has 132 valence electrons. The maximum absolute atomic E-state index is 12.7. The molecule has 1 saturated heterocycles. The molecule has 8 heteroatoms. The van der Waals surface area contributed by atoms with Crippen molar-refractivity contribution in [1.29, 1.82) is 0 Å². The van der Waals surface area contributed by atoms with Crippen LogP contribution in [0.2, 0.25) is 0 Å². The zero-order valence-electron chi connectivity index (χ0n) is 13.8. The number of anilines is 1. The monoisotopic (exact) mass is 345 g/mol. The van der Waals surface area contributed by atoms with Gasteiger partial charge in [-0.1, -0.05) is 12.1 Å². The second kappa shape index (κ2) is 7.02. The molecule has 1 aromatic carbocycles. The Morgan fingerprint density at radius 3 is 2.84 bits per heavy atom. The van der Waals surface area contributed by atoms with Gasteiger partial charge in [-0.05, 0) is 24.6 Å². The Morgan fingerprint density at radius 1 is 1.32 bits per heavy atom. The van der Waals surface area contributed by atoms with Crippen LogP contribution in [0.1, 0.15) is 18.4 Å². The van der Waals surface area contributed by atoms with Gasteiger partial charge in [0.05, 0.1) is 18.8 Å². The summed E-state index contributed by atoms with van der Waals surface area (Å²) < 4.78 is 5.13. The molecule has 0 bridgehead atoms. The lowest BCUT2D eigenvalue weighted by atomic mass is 10.1. The molecule has 1 N–H and O–H groups in total. The normalized spacial score (nSPS) is 21.1. The van der Waals surface area contributed by atoms with Crippen molar-refractivity contribution in [2.75, 3.05) is 24.7 Å². The Morgan fingerprint density at radius 2 is 2.12 bits per heavy atom. The fourth-order valence-corrected chi connectivity index (χ4v) is 2.83. The second-order valence-electron chi connectivity index (χ2n) is 6.04. The number of carboxylic acids is 1. The van der Waals surface area contributed by atoms with Crippen LogP contribution in [0.15, 0.2) is 29.4 Å². The van der Waals surface area contributed by atoms with Gasteiger partial charge in [0.2, 0.25) is 5.91 Å². The first-order valence-electron chi connectivity index (χ1n) is 8.06. The standard InChI is InChI=1S/C17H19N3O5/c1-11-3-2-4-12(9-11)20-15(21)6-5-13(18-20)16(22)19-7-8-25-14(10-19)17(23)24/h2-4,9,14H,5-8,10H2,1H3,(H,23,24). The summed E-state index contributed by atoms with van der Waals surface area (Å²) in [7, 11) is 0. The number of aliphatic carboxylic acids is 1. The minimum Gasteiger partial charge on any atom is -0.479 e. The molecule has 2 aliphatic heterocycles. The fourth-order valence-electron chi connectivity index (χ4n) is 2.83. The lowest BCUT2D eigenvalue weighted by molar-refractivity contribution is -0.157. The van der Waals surface area contributed by atoms with Crippen molar-refractivity contribution >= 4 is 29.2 Å².